The molecule has 1 atom stereocenters. The van der Waals surface area contributed by atoms with Crippen LogP contribution in [0.4, 0.5) is 0 Å². The van der Waals surface area contributed by atoms with Gasteiger partial charge in [-0.1, -0.05) is 25.9 Å². The van der Waals surface area contributed by atoms with Crippen molar-refractivity contribution < 1.29 is 9.26 Å². The fraction of sp³-hybridized carbons (Fsp3) is 0.900. The second-order valence-corrected chi connectivity index (χ2v) is 11.2. The standard InChI is InChI=1S/C10H20BrNO2Si/c1-10(2,3)15(4,5)13-7-8-6-9(11)12-14-8/h8H,6-7H2,1-5H3. The van der Waals surface area contributed by atoms with Crippen LogP contribution in [0.25, 0.3) is 0 Å². The van der Waals surface area contributed by atoms with Crippen molar-refractivity contribution in [2.24, 2.45) is 5.16 Å². The van der Waals surface area contributed by atoms with Gasteiger partial charge in [-0.15, -0.1) is 0 Å². The lowest BCUT2D eigenvalue weighted by Gasteiger charge is -2.36. The Labute approximate surface area is 101 Å². The lowest BCUT2D eigenvalue weighted by Crippen LogP contribution is -2.42. The minimum Gasteiger partial charge on any atom is -0.413 e. The summed E-state index contributed by atoms with van der Waals surface area (Å²) >= 11 is 3.32. The van der Waals surface area contributed by atoms with Crippen molar-refractivity contribution >= 4 is 28.9 Å². The number of hydrogen-bond donors (Lipinski definition) is 0. The van der Waals surface area contributed by atoms with E-state index in [-0.39, 0.29) is 11.1 Å². The van der Waals surface area contributed by atoms with Crippen molar-refractivity contribution in [3.05, 3.63) is 0 Å². The molecule has 3 nitrogen and oxygen atoms in total. The van der Waals surface area contributed by atoms with Gasteiger partial charge < -0.3 is 9.26 Å². The molecule has 0 aromatic carbocycles. The molecule has 0 bridgehead atoms. The molecule has 88 valence electrons. The summed E-state index contributed by atoms with van der Waals surface area (Å²) in [5, 5.41) is 4.10. The van der Waals surface area contributed by atoms with Crippen molar-refractivity contribution in [2.75, 3.05) is 6.61 Å². The maximum Gasteiger partial charge on any atom is 0.192 e. The summed E-state index contributed by atoms with van der Waals surface area (Å²) in [5.41, 5.74) is 0. The molecule has 0 fully saturated rings. The van der Waals surface area contributed by atoms with Crippen molar-refractivity contribution in [3.63, 3.8) is 0 Å². The van der Waals surface area contributed by atoms with Crippen LogP contribution in [0.2, 0.25) is 18.1 Å². The smallest absolute Gasteiger partial charge is 0.192 e. The Bertz CT molecular complexity index is 261. The zero-order valence-electron chi connectivity index (χ0n) is 10.1. The van der Waals surface area contributed by atoms with Gasteiger partial charge in [0.15, 0.2) is 14.4 Å². The van der Waals surface area contributed by atoms with E-state index in [0.29, 0.717) is 6.61 Å². The second kappa shape index (κ2) is 4.55. The molecule has 0 spiro atoms. The van der Waals surface area contributed by atoms with Gasteiger partial charge in [0, 0.05) is 6.42 Å². The molecule has 15 heavy (non-hydrogen) atoms. The Morgan fingerprint density at radius 3 is 2.53 bits per heavy atom. The summed E-state index contributed by atoms with van der Waals surface area (Å²) in [6.45, 7) is 11.9. The molecule has 1 aliphatic rings. The minimum atomic E-state index is -1.64. The molecule has 0 saturated carbocycles. The average Bonchev–Trinajstić information content (AvgIpc) is 2.46. The summed E-state index contributed by atoms with van der Waals surface area (Å²) in [6.07, 6.45) is 0.919. The van der Waals surface area contributed by atoms with Crippen LogP contribution in [0.5, 0.6) is 0 Å². The van der Waals surface area contributed by atoms with E-state index >= 15 is 0 Å². The number of oxime groups is 1. The molecule has 0 N–H and O–H groups in total. The Morgan fingerprint density at radius 1 is 1.53 bits per heavy atom. The van der Waals surface area contributed by atoms with E-state index in [1.54, 1.807) is 0 Å². The molecular weight excluding hydrogens is 274 g/mol. The highest BCUT2D eigenvalue weighted by molar-refractivity contribution is 9.18. The fourth-order valence-corrected chi connectivity index (χ4v) is 2.48. The van der Waals surface area contributed by atoms with E-state index in [2.05, 4.69) is 55.0 Å². The SMILES string of the molecule is CC(C)(C)[Si](C)(C)OCC1CC(Br)=NO1. The van der Waals surface area contributed by atoms with E-state index in [4.69, 9.17) is 9.26 Å². The van der Waals surface area contributed by atoms with Crippen molar-refractivity contribution in [1.29, 1.82) is 0 Å². The Hall–Kier alpha value is 0.127. The van der Waals surface area contributed by atoms with E-state index in [9.17, 15) is 0 Å². The van der Waals surface area contributed by atoms with Crippen LogP contribution in [0.15, 0.2) is 5.16 Å². The molecule has 1 rings (SSSR count). The van der Waals surface area contributed by atoms with Crippen molar-refractivity contribution in [3.8, 4) is 0 Å². The lowest BCUT2D eigenvalue weighted by molar-refractivity contribution is 0.0427. The summed E-state index contributed by atoms with van der Waals surface area (Å²) < 4.78 is 6.93. The zero-order chi connectivity index (χ0) is 11.7. The molecule has 0 amide bonds. The van der Waals surface area contributed by atoms with Gasteiger partial charge in [0.2, 0.25) is 0 Å². The molecule has 0 saturated heterocycles. The van der Waals surface area contributed by atoms with E-state index in [1.165, 1.54) is 0 Å². The number of nitrogens with zero attached hydrogens (tertiary/aromatic N) is 1. The normalized spacial score (nSPS) is 22.5. The first-order valence-corrected chi connectivity index (χ1v) is 8.94. The molecule has 0 aromatic heterocycles. The van der Waals surface area contributed by atoms with Gasteiger partial charge in [-0.3, -0.25) is 0 Å². The van der Waals surface area contributed by atoms with Gasteiger partial charge in [0.25, 0.3) is 0 Å². The van der Waals surface area contributed by atoms with Crippen LogP contribution >= 0.6 is 15.9 Å². The summed E-state index contributed by atoms with van der Waals surface area (Å²) in [5.74, 6) is 0. The van der Waals surface area contributed by atoms with Gasteiger partial charge in [0.1, 0.15) is 4.62 Å². The van der Waals surface area contributed by atoms with Crippen LogP contribution < -0.4 is 0 Å². The van der Waals surface area contributed by atoms with Crippen molar-refractivity contribution in [1.82, 2.24) is 0 Å². The highest BCUT2D eigenvalue weighted by Gasteiger charge is 2.38. The molecule has 0 aromatic rings. The first-order valence-electron chi connectivity index (χ1n) is 5.24. The quantitative estimate of drug-likeness (QED) is 0.746. The van der Waals surface area contributed by atoms with Gasteiger partial charge in [0.05, 0.1) is 6.61 Å². The van der Waals surface area contributed by atoms with Gasteiger partial charge >= 0.3 is 0 Å². The second-order valence-electron chi connectivity index (χ2n) is 5.47. The van der Waals surface area contributed by atoms with Crippen LogP contribution in [0, 0.1) is 0 Å². The highest BCUT2D eigenvalue weighted by atomic mass is 79.9. The van der Waals surface area contributed by atoms with Crippen LogP contribution in [-0.2, 0) is 9.26 Å². The maximum absolute atomic E-state index is 6.05. The average molecular weight is 294 g/mol. The van der Waals surface area contributed by atoms with E-state index < -0.39 is 8.32 Å². The van der Waals surface area contributed by atoms with Crippen LogP contribution in [-0.4, -0.2) is 25.6 Å². The third kappa shape index (κ3) is 3.57. The van der Waals surface area contributed by atoms with Gasteiger partial charge in [-0.05, 0) is 34.1 Å². The Balaban J connectivity index is 2.38. The van der Waals surface area contributed by atoms with Gasteiger partial charge in [-0.25, -0.2) is 0 Å². The fourth-order valence-electron chi connectivity index (χ4n) is 1.00. The van der Waals surface area contributed by atoms with E-state index in [0.717, 1.165) is 11.0 Å². The predicted octanol–water partition coefficient (Wildman–Crippen LogP) is 3.51. The molecule has 0 radical (unpaired) electrons. The largest absolute Gasteiger partial charge is 0.413 e. The van der Waals surface area contributed by atoms with Crippen LogP contribution in [0.3, 0.4) is 0 Å². The monoisotopic (exact) mass is 293 g/mol. The molecule has 5 heteroatoms. The third-order valence-electron chi connectivity index (χ3n) is 3.13. The first-order chi connectivity index (χ1) is 6.72. The topological polar surface area (TPSA) is 30.8 Å². The third-order valence-corrected chi connectivity index (χ3v) is 8.10. The summed E-state index contributed by atoms with van der Waals surface area (Å²) in [4.78, 5) is 5.21. The Morgan fingerprint density at radius 2 is 2.13 bits per heavy atom. The summed E-state index contributed by atoms with van der Waals surface area (Å²) in [6, 6.07) is 0. The Kier molecular flexibility index (Phi) is 4.00. The zero-order valence-corrected chi connectivity index (χ0v) is 12.7. The van der Waals surface area contributed by atoms with Gasteiger partial charge in [-0.2, -0.15) is 0 Å². The molecular formula is C10H20BrNO2Si. The van der Waals surface area contributed by atoms with E-state index in [1.807, 2.05) is 0 Å². The number of hydrogen-bond acceptors (Lipinski definition) is 3. The summed E-state index contributed by atoms with van der Waals surface area (Å²) in [7, 11) is -1.64. The molecule has 1 aliphatic heterocycles. The first kappa shape index (κ1) is 13.2. The number of halogens is 1. The molecule has 1 heterocycles. The lowest BCUT2D eigenvalue weighted by atomic mass is 10.2. The highest BCUT2D eigenvalue weighted by Crippen LogP contribution is 2.36. The molecule has 0 aliphatic carbocycles. The van der Waals surface area contributed by atoms with Crippen LogP contribution in [0.1, 0.15) is 27.2 Å². The van der Waals surface area contributed by atoms with Crippen molar-refractivity contribution in [2.45, 2.75) is 51.4 Å². The number of rotatable bonds is 3. The minimum absolute atomic E-state index is 0.0912. The maximum atomic E-state index is 6.05. The predicted molar refractivity (Wildman–Crippen MR) is 69.0 cm³/mol. The molecule has 1 unspecified atom stereocenters.